The average Bonchev–Trinajstić information content (AvgIpc) is 2.82. The molecular formula is C18H24O4. The summed E-state index contributed by atoms with van der Waals surface area (Å²) in [5.74, 6) is 1.68. The maximum atomic E-state index is 12.3. The molecule has 0 unspecified atom stereocenters. The summed E-state index contributed by atoms with van der Waals surface area (Å²) in [6.45, 7) is 2.14. The van der Waals surface area contributed by atoms with Crippen molar-refractivity contribution in [2.45, 2.75) is 63.9 Å². The summed E-state index contributed by atoms with van der Waals surface area (Å²) in [6, 6.07) is 0. The van der Waals surface area contributed by atoms with Crippen LogP contribution in [-0.2, 0) is 14.5 Å². The van der Waals surface area contributed by atoms with Crippen LogP contribution in [0.1, 0.15) is 58.3 Å². The van der Waals surface area contributed by atoms with E-state index in [0.29, 0.717) is 36.9 Å². The lowest BCUT2D eigenvalue weighted by Crippen LogP contribution is -2.56. The third-order valence-electron chi connectivity index (χ3n) is 7.28. The maximum absolute atomic E-state index is 12.3. The fourth-order valence-electron chi connectivity index (χ4n) is 6.10. The van der Waals surface area contributed by atoms with Crippen molar-refractivity contribution in [2.75, 3.05) is 0 Å². The van der Waals surface area contributed by atoms with Gasteiger partial charge in [0.1, 0.15) is 11.4 Å². The molecule has 0 aliphatic heterocycles. The molecule has 5 atom stereocenters. The standard InChI is InChI=1S/C18H24O4/c1-17-8-7-15-13(14(17)4-5-16(17)20)3-2-11-10-12(19)6-9-18(11,15)22-21/h10,13-15,21H,2-9H2,1H3/t13-,14-,15-,17-,18+/m0/s1. The van der Waals surface area contributed by atoms with Crippen LogP contribution in [0.15, 0.2) is 11.6 Å². The van der Waals surface area contributed by atoms with Gasteiger partial charge in [-0.2, -0.15) is 0 Å². The molecule has 3 fully saturated rings. The van der Waals surface area contributed by atoms with Crippen molar-refractivity contribution in [3.63, 3.8) is 0 Å². The minimum atomic E-state index is -0.663. The molecule has 0 heterocycles. The Labute approximate surface area is 130 Å². The second kappa shape index (κ2) is 4.75. The fraction of sp³-hybridized carbons (Fsp3) is 0.778. The molecule has 4 aliphatic rings. The third kappa shape index (κ3) is 1.71. The van der Waals surface area contributed by atoms with E-state index < -0.39 is 5.60 Å². The Morgan fingerprint density at radius 2 is 1.91 bits per heavy atom. The zero-order valence-corrected chi connectivity index (χ0v) is 13.1. The van der Waals surface area contributed by atoms with Gasteiger partial charge >= 0.3 is 0 Å². The molecule has 120 valence electrons. The minimum absolute atomic E-state index is 0.151. The van der Waals surface area contributed by atoms with E-state index in [1.54, 1.807) is 6.08 Å². The molecule has 0 aromatic heterocycles. The van der Waals surface area contributed by atoms with Crippen molar-refractivity contribution >= 4 is 11.6 Å². The Hall–Kier alpha value is -1.00. The van der Waals surface area contributed by atoms with Crippen LogP contribution in [-0.4, -0.2) is 22.4 Å². The van der Waals surface area contributed by atoms with Crippen molar-refractivity contribution in [1.82, 2.24) is 0 Å². The van der Waals surface area contributed by atoms with Crippen molar-refractivity contribution in [2.24, 2.45) is 23.2 Å². The molecule has 22 heavy (non-hydrogen) atoms. The normalized spacial score (nSPS) is 47.5. The predicted molar refractivity (Wildman–Crippen MR) is 80.1 cm³/mol. The number of carbonyl (C=O) groups excluding carboxylic acids is 2. The molecule has 0 radical (unpaired) electrons. The monoisotopic (exact) mass is 304 g/mol. The van der Waals surface area contributed by atoms with Crippen molar-refractivity contribution < 1.29 is 19.7 Å². The summed E-state index contributed by atoms with van der Waals surface area (Å²) in [5.41, 5.74) is 0.160. The lowest BCUT2D eigenvalue weighted by atomic mass is 9.51. The molecule has 0 saturated heterocycles. The highest BCUT2D eigenvalue weighted by Gasteiger charge is 2.61. The number of fused-ring (bicyclic) bond motifs is 5. The third-order valence-corrected chi connectivity index (χ3v) is 7.28. The summed E-state index contributed by atoms with van der Waals surface area (Å²) in [5, 5.41) is 9.74. The van der Waals surface area contributed by atoms with Gasteiger partial charge < -0.3 is 0 Å². The van der Waals surface area contributed by atoms with E-state index in [1.165, 1.54) is 0 Å². The van der Waals surface area contributed by atoms with E-state index in [-0.39, 0.29) is 17.1 Å². The summed E-state index contributed by atoms with van der Waals surface area (Å²) < 4.78 is 0. The fourth-order valence-corrected chi connectivity index (χ4v) is 6.10. The second-order valence-electron chi connectivity index (χ2n) is 7.95. The van der Waals surface area contributed by atoms with Gasteiger partial charge in [-0.3, -0.25) is 14.8 Å². The molecule has 1 N–H and O–H groups in total. The average molecular weight is 304 g/mol. The number of rotatable bonds is 1. The summed E-state index contributed by atoms with van der Waals surface area (Å²) >= 11 is 0. The quantitative estimate of drug-likeness (QED) is 0.596. The first-order valence-electron chi connectivity index (χ1n) is 8.61. The highest BCUT2D eigenvalue weighted by Crippen LogP contribution is 2.62. The molecule has 4 heteroatoms. The first-order chi connectivity index (χ1) is 10.5. The molecule has 0 amide bonds. The Morgan fingerprint density at radius 1 is 1.09 bits per heavy atom. The first kappa shape index (κ1) is 14.6. The molecule has 3 saturated carbocycles. The second-order valence-corrected chi connectivity index (χ2v) is 7.95. The molecule has 0 aromatic carbocycles. The topological polar surface area (TPSA) is 63.6 Å². The van der Waals surface area contributed by atoms with Gasteiger partial charge in [0.05, 0.1) is 0 Å². The zero-order chi connectivity index (χ0) is 15.5. The highest BCUT2D eigenvalue weighted by atomic mass is 17.1. The van der Waals surface area contributed by atoms with Crippen LogP contribution in [0.5, 0.6) is 0 Å². The van der Waals surface area contributed by atoms with E-state index in [4.69, 9.17) is 4.89 Å². The summed E-state index contributed by atoms with van der Waals surface area (Å²) in [6.07, 6.45) is 8.08. The van der Waals surface area contributed by atoms with Crippen molar-refractivity contribution in [3.8, 4) is 0 Å². The predicted octanol–water partition coefficient (Wildman–Crippen LogP) is 3.31. The van der Waals surface area contributed by atoms with Gasteiger partial charge in [-0.05, 0) is 67.9 Å². The molecule has 0 aromatic rings. The lowest BCUT2D eigenvalue weighted by Gasteiger charge is -2.55. The van der Waals surface area contributed by atoms with Crippen LogP contribution in [0.3, 0.4) is 0 Å². The van der Waals surface area contributed by atoms with Crippen LogP contribution in [0, 0.1) is 23.2 Å². The van der Waals surface area contributed by atoms with Gasteiger partial charge in [-0.1, -0.05) is 6.92 Å². The van der Waals surface area contributed by atoms with Gasteiger partial charge in [0.2, 0.25) is 0 Å². The lowest BCUT2D eigenvalue weighted by molar-refractivity contribution is -0.340. The largest absolute Gasteiger partial charge is 0.299 e. The van der Waals surface area contributed by atoms with Crippen molar-refractivity contribution in [3.05, 3.63) is 11.6 Å². The molecule has 0 bridgehead atoms. The summed E-state index contributed by atoms with van der Waals surface area (Å²) in [4.78, 5) is 29.2. The van der Waals surface area contributed by atoms with E-state index in [0.717, 1.165) is 37.7 Å². The summed E-state index contributed by atoms with van der Waals surface area (Å²) in [7, 11) is 0. The van der Waals surface area contributed by atoms with Crippen LogP contribution < -0.4 is 0 Å². The van der Waals surface area contributed by atoms with Gasteiger partial charge in [-0.25, -0.2) is 4.89 Å². The zero-order valence-electron chi connectivity index (χ0n) is 13.1. The van der Waals surface area contributed by atoms with Gasteiger partial charge in [0.25, 0.3) is 0 Å². The van der Waals surface area contributed by atoms with Crippen LogP contribution >= 0.6 is 0 Å². The van der Waals surface area contributed by atoms with Crippen molar-refractivity contribution in [1.29, 1.82) is 0 Å². The van der Waals surface area contributed by atoms with Crippen LogP contribution in [0.25, 0.3) is 0 Å². The SMILES string of the molecule is C[C@]12CC[C@H]3[C@@H](CCC4=CC(=O)CC[C@@]43OO)[C@@H]1CCC2=O. The molecular weight excluding hydrogens is 280 g/mol. The van der Waals surface area contributed by atoms with Gasteiger partial charge in [0.15, 0.2) is 5.78 Å². The Balaban J connectivity index is 1.73. The minimum Gasteiger partial charge on any atom is -0.299 e. The number of ketones is 2. The van der Waals surface area contributed by atoms with E-state index in [1.807, 2.05) is 0 Å². The molecule has 4 aliphatic carbocycles. The maximum Gasteiger partial charge on any atom is 0.155 e. The van der Waals surface area contributed by atoms with Crippen LogP contribution in [0.4, 0.5) is 0 Å². The number of hydrogen-bond acceptors (Lipinski definition) is 4. The number of Topliss-reactive ketones (excluding diaryl/α,β-unsaturated/α-hetero) is 1. The smallest absolute Gasteiger partial charge is 0.155 e. The Kier molecular flexibility index (Phi) is 3.15. The molecule has 4 nitrogen and oxygen atoms in total. The Morgan fingerprint density at radius 3 is 2.68 bits per heavy atom. The number of carbonyl (C=O) groups is 2. The van der Waals surface area contributed by atoms with E-state index in [2.05, 4.69) is 6.92 Å². The Bertz CT molecular complexity index is 565. The van der Waals surface area contributed by atoms with E-state index in [9.17, 15) is 14.8 Å². The van der Waals surface area contributed by atoms with Gasteiger partial charge in [-0.15, -0.1) is 0 Å². The van der Waals surface area contributed by atoms with Crippen LogP contribution in [0.2, 0.25) is 0 Å². The first-order valence-corrected chi connectivity index (χ1v) is 8.61. The highest BCUT2D eigenvalue weighted by molar-refractivity contribution is 5.92. The molecule has 4 rings (SSSR count). The number of hydrogen-bond donors (Lipinski definition) is 1. The van der Waals surface area contributed by atoms with Gasteiger partial charge in [0, 0.05) is 18.3 Å². The van der Waals surface area contributed by atoms with E-state index >= 15 is 0 Å². The molecule has 0 spiro atoms.